The number of hydrogen-bond acceptors (Lipinski definition) is 4. The standard InChI is InChI=1S/C10H21N3O3S/c1-8(10(11)14)13-17(15,16)7-5-9-4-2-3-6-12-9/h8-9,12-13H,2-7H2,1H3,(H2,11,14). The van der Waals surface area contributed by atoms with Crippen molar-refractivity contribution in [1.29, 1.82) is 0 Å². The van der Waals surface area contributed by atoms with Gasteiger partial charge in [-0.05, 0) is 32.7 Å². The molecule has 1 heterocycles. The third kappa shape index (κ3) is 5.47. The maximum Gasteiger partial charge on any atom is 0.235 e. The van der Waals surface area contributed by atoms with Gasteiger partial charge in [0.1, 0.15) is 0 Å². The fourth-order valence-electron chi connectivity index (χ4n) is 1.85. The van der Waals surface area contributed by atoms with Crippen LogP contribution in [0, 0.1) is 0 Å². The molecular formula is C10H21N3O3S. The zero-order valence-corrected chi connectivity index (χ0v) is 10.9. The van der Waals surface area contributed by atoms with Crippen molar-refractivity contribution in [3.63, 3.8) is 0 Å². The first-order valence-corrected chi connectivity index (χ1v) is 7.58. The summed E-state index contributed by atoms with van der Waals surface area (Å²) in [6.07, 6.45) is 3.88. The van der Waals surface area contributed by atoms with Crippen molar-refractivity contribution in [1.82, 2.24) is 10.0 Å². The minimum absolute atomic E-state index is 0.0300. The molecule has 0 radical (unpaired) electrons. The van der Waals surface area contributed by atoms with Gasteiger partial charge in [-0.2, -0.15) is 0 Å². The van der Waals surface area contributed by atoms with Crippen LogP contribution in [-0.2, 0) is 14.8 Å². The Kier molecular flexibility index (Phi) is 5.35. The summed E-state index contributed by atoms with van der Waals surface area (Å²) in [6.45, 7) is 2.40. The number of carbonyl (C=O) groups excluding carboxylic acids is 1. The second-order valence-corrected chi connectivity index (χ2v) is 6.37. The van der Waals surface area contributed by atoms with Crippen molar-refractivity contribution in [2.45, 2.75) is 44.7 Å². The Morgan fingerprint density at radius 3 is 2.76 bits per heavy atom. The second kappa shape index (κ2) is 6.32. The highest BCUT2D eigenvalue weighted by molar-refractivity contribution is 7.89. The van der Waals surface area contributed by atoms with E-state index in [4.69, 9.17) is 5.73 Å². The van der Waals surface area contributed by atoms with Gasteiger partial charge in [0, 0.05) is 6.04 Å². The fraction of sp³-hybridized carbons (Fsp3) is 0.900. The number of hydrogen-bond donors (Lipinski definition) is 3. The average Bonchev–Trinajstić information content (AvgIpc) is 2.27. The molecule has 1 rings (SSSR count). The second-order valence-electron chi connectivity index (χ2n) is 4.50. The van der Waals surface area contributed by atoms with Crippen LogP contribution in [-0.4, -0.2) is 38.7 Å². The van der Waals surface area contributed by atoms with Gasteiger partial charge in [0.2, 0.25) is 15.9 Å². The number of primary amides is 1. The van der Waals surface area contributed by atoms with Gasteiger partial charge in [0.25, 0.3) is 0 Å². The SMILES string of the molecule is CC(NS(=O)(=O)CCC1CCCCN1)C(N)=O. The molecule has 7 heteroatoms. The van der Waals surface area contributed by atoms with E-state index >= 15 is 0 Å². The summed E-state index contributed by atoms with van der Waals surface area (Å²) >= 11 is 0. The Morgan fingerprint density at radius 2 is 2.24 bits per heavy atom. The maximum absolute atomic E-state index is 11.6. The van der Waals surface area contributed by atoms with E-state index < -0.39 is 22.0 Å². The number of amides is 1. The van der Waals surface area contributed by atoms with Gasteiger partial charge >= 0.3 is 0 Å². The Balaban J connectivity index is 2.35. The molecule has 0 aromatic carbocycles. The highest BCUT2D eigenvalue weighted by atomic mass is 32.2. The Bertz CT molecular complexity index is 350. The van der Waals surface area contributed by atoms with Gasteiger partial charge in [-0.15, -0.1) is 0 Å². The fourth-order valence-corrected chi connectivity index (χ4v) is 3.22. The van der Waals surface area contributed by atoms with E-state index in [1.807, 2.05) is 0 Å². The normalized spacial score (nSPS) is 23.2. The van der Waals surface area contributed by atoms with Crippen LogP contribution in [0.4, 0.5) is 0 Å². The lowest BCUT2D eigenvalue weighted by Gasteiger charge is -2.23. The van der Waals surface area contributed by atoms with Gasteiger partial charge in [-0.1, -0.05) is 6.42 Å². The summed E-state index contributed by atoms with van der Waals surface area (Å²) in [4.78, 5) is 10.8. The van der Waals surface area contributed by atoms with Crippen molar-refractivity contribution in [2.75, 3.05) is 12.3 Å². The number of piperidine rings is 1. The predicted octanol–water partition coefficient (Wildman–Crippen LogP) is -0.688. The van der Waals surface area contributed by atoms with Crippen LogP contribution in [0.25, 0.3) is 0 Å². The maximum atomic E-state index is 11.6. The van der Waals surface area contributed by atoms with Crippen molar-refractivity contribution in [3.8, 4) is 0 Å². The monoisotopic (exact) mass is 263 g/mol. The van der Waals surface area contributed by atoms with E-state index in [0.717, 1.165) is 25.8 Å². The predicted molar refractivity (Wildman–Crippen MR) is 65.8 cm³/mol. The molecule has 6 nitrogen and oxygen atoms in total. The molecule has 2 unspecified atom stereocenters. The molecule has 1 fully saturated rings. The van der Waals surface area contributed by atoms with Gasteiger partial charge in [0.15, 0.2) is 0 Å². The highest BCUT2D eigenvalue weighted by Gasteiger charge is 2.20. The molecular weight excluding hydrogens is 242 g/mol. The van der Waals surface area contributed by atoms with Crippen LogP contribution < -0.4 is 15.8 Å². The van der Waals surface area contributed by atoms with E-state index in [9.17, 15) is 13.2 Å². The first-order chi connectivity index (χ1) is 7.91. The molecule has 0 aliphatic carbocycles. The van der Waals surface area contributed by atoms with Crippen LogP contribution in [0.3, 0.4) is 0 Å². The number of carbonyl (C=O) groups is 1. The van der Waals surface area contributed by atoms with Crippen molar-refractivity contribution < 1.29 is 13.2 Å². The lowest BCUT2D eigenvalue weighted by Crippen LogP contribution is -2.44. The molecule has 0 bridgehead atoms. The topological polar surface area (TPSA) is 101 Å². The first-order valence-electron chi connectivity index (χ1n) is 5.93. The Labute approximate surface area is 102 Å². The molecule has 1 aliphatic rings. The lowest BCUT2D eigenvalue weighted by atomic mass is 10.0. The molecule has 4 N–H and O–H groups in total. The van der Waals surface area contributed by atoms with Gasteiger partial charge < -0.3 is 11.1 Å². The Hall–Kier alpha value is -0.660. The van der Waals surface area contributed by atoms with Gasteiger partial charge in [-0.25, -0.2) is 13.1 Å². The molecule has 100 valence electrons. The first kappa shape index (κ1) is 14.4. The highest BCUT2D eigenvalue weighted by Crippen LogP contribution is 2.10. The largest absolute Gasteiger partial charge is 0.368 e. The number of nitrogens with two attached hydrogens (primary N) is 1. The molecule has 0 aromatic rings. The molecule has 1 amide bonds. The van der Waals surface area contributed by atoms with Gasteiger partial charge in [-0.3, -0.25) is 4.79 Å². The van der Waals surface area contributed by atoms with E-state index in [1.54, 1.807) is 0 Å². The third-order valence-electron chi connectivity index (χ3n) is 2.93. The van der Waals surface area contributed by atoms with Crippen LogP contribution in [0.1, 0.15) is 32.6 Å². The lowest BCUT2D eigenvalue weighted by molar-refractivity contribution is -0.119. The number of nitrogens with one attached hydrogen (secondary N) is 2. The Morgan fingerprint density at radius 1 is 1.53 bits per heavy atom. The summed E-state index contributed by atoms with van der Waals surface area (Å²) in [6, 6.07) is -0.580. The van der Waals surface area contributed by atoms with Crippen molar-refractivity contribution in [2.24, 2.45) is 5.73 Å². The molecule has 2 atom stereocenters. The molecule has 1 saturated heterocycles. The summed E-state index contributed by atoms with van der Waals surface area (Å²) in [5.41, 5.74) is 5.00. The summed E-state index contributed by atoms with van der Waals surface area (Å²) in [5.74, 6) is -0.633. The zero-order chi connectivity index (χ0) is 12.9. The van der Waals surface area contributed by atoms with Crippen LogP contribution in [0.15, 0.2) is 0 Å². The van der Waals surface area contributed by atoms with E-state index in [1.165, 1.54) is 6.92 Å². The van der Waals surface area contributed by atoms with Gasteiger partial charge in [0.05, 0.1) is 11.8 Å². The molecule has 0 spiro atoms. The van der Waals surface area contributed by atoms with Crippen LogP contribution in [0.2, 0.25) is 0 Å². The molecule has 0 aromatic heterocycles. The zero-order valence-electron chi connectivity index (χ0n) is 10.1. The van der Waals surface area contributed by atoms with Crippen molar-refractivity contribution >= 4 is 15.9 Å². The molecule has 0 saturated carbocycles. The number of sulfonamides is 1. The summed E-state index contributed by atoms with van der Waals surface area (Å²) in [7, 11) is -3.42. The average molecular weight is 263 g/mol. The van der Waals surface area contributed by atoms with Crippen molar-refractivity contribution in [3.05, 3.63) is 0 Å². The minimum atomic E-state index is -3.42. The van der Waals surface area contributed by atoms with E-state index in [0.29, 0.717) is 6.42 Å². The van der Waals surface area contributed by atoms with E-state index in [-0.39, 0.29) is 11.8 Å². The summed E-state index contributed by atoms with van der Waals surface area (Å²) < 4.78 is 25.5. The number of rotatable bonds is 6. The van der Waals surface area contributed by atoms with E-state index in [2.05, 4.69) is 10.0 Å². The smallest absolute Gasteiger partial charge is 0.235 e. The summed E-state index contributed by atoms with van der Waals surface area (Å²) in [5, 5.41) is 3.28. The quantitative estimate of drug-likeness (QED) is 0.590. The molecule has 17 heavy (non-hydrogen) atoms. The van der Waals surface area contributed by atoms with Crippen LogP contribution >= 0.6 is 0 Å². The minimum Gasteiger partial charge on any atom is -0.368 e. The van der Waals surface area contributed by atoms with Crippen LogP contribution in [0.5, 0.6) is 0 Å². The third-order valence-corrected chi connectivity index (χ3v) is 4.42. The molecule has 1 aliphatic heterocycles.